The molecule has 0 N–H and O–H groups in total. The molecule has 0 atom stereocenters. The van der Waals surface area contributed by atoms with E-state index in [4.69, 9.17) is 18.9 Å². The molecule has 0 heterocycles. The number of carbonyl (C=O) groups excluding carboxylic acids is 1. The summed E-state index contributed by atoms with van der Waals surface area (Å²) in [5.41, 5.74) is 6.48. The lowest BCUT2D eigenvalue weighted by atomic mass is 9.62. The van der Waals surface area contributed by atoms with Crippen LogP contribution in [0.1, 0.15) is 69.7 Å². The molecule has 1 aliphatic rings. The highest BCUT2D eigenvalue weighted by molar-refractivity contribution is 5.88. The summed E-state index contributed by atoms with van der Waals surface area (Å²) in [6, 6.07) is 18.3. The first-order chi connectivity index (χ1) is 18.6. The zero-order chi connectivity index (χ0) is 28.2. The van der Waals surface area contributed by atoms with Gasteiger partial charge in [-0.2, -0.15) is 0 Å². The summed E-state index contributed by atoms with van der Waals surface area (Å²) in [7, 11) is 3.34. The molecule has 206 valence electrons. The number of hydrogen-bond acceptors (Lipinski definition) is 5. The number of ether oxygens (including phenoxy) is 4. The highest BCUT2D eigenvalue weighted by Crippen LogP contribution is 2.50. The number of carbonyl (C=O) groups is 1. The van der Waals surface area contributed by atoms with Gasteiger partial charge in [0.2, 0.25) is 0 Å². The highest BCUT2D eigenvalue weighted by Gasteiger charge is 2.38. The van der Waals surface area contributed by atoms with Gasteiger partial charge in [0.25, 0.3) is 0 Å². The summed E-state index contributed by atoms with van der Waals surface area (Å²) >= 11 is 0. The summed E-state index contributed by atoms with van der Waals surface area (Å²) in [6.45, 7) is 11.8. The number of fused-ring (bicyclic) bond motifs is 1. The van der Waals surface area contributed by atoms with Crippen LogP contribution in [0.25, 0.3) is 17.2 Å². The maximum atomic E-state index is 11.9. The predicted octanol–water partition coefficient (Wildman–Crippen LogP) is 7.88. The molecule has 0 aromatic heterocycles. The van der Waals surface area contributed by atoms with Crippen molar-refractivity contribution in [1.82, 2.24) is 0 Å². The van der Waals surface area contributed by atoms with Crippen molar-refractivity contribution in [2.24, 2.45) is 0 Å². The molecule has 0 saturated heterocycles. The lowest BCUT2D eigenvalue weighted by Gasteiger charge is -2.42. The molecule has 0 unspecified atom stereocenters. The van der Waals surface area contributed by atoms with Crippen LogP contribution in [-0.2, 0) is 27.0 Å². The molecule has 1 aliphatic carbocycles. The summed E-state index contributed by atoms with van der Waals surface area (Å²) in [4.78, 5) is 11.9. The van der Waals surface area contributed by atoms with Crippen molar-refractivity contribution in [2.45, 2.75) is 64.9 Å². The van der Waals surface area contributed by atoms with E-state index in [1.807, 2.05) is 42.5 Å². The van der Waals surface area contributed by atoms with Crippen LogP contribution >= 0.6 is 0 Å². The van der Waals surface area contributed by atoms with Crippen LogP contribution < -0.4 is 14.2 Å². The van der Waals surface area contributed by atoms with E-state index in [2.05, 4.69) is 39.8 Å². The average Bonchev–Trinajstić information content (AvgIpc) is 2.93. The normalized spacial score (nSPS) is 15.5. The Kier molecular flexibility index (Phi) is 8.39. The van der Waals surface area contributed by atoms with Crippen molar-refractivity contribution in [3.8, 4) is 28.4 Å². The van der Waals surface area contributed by atoms with E-state index in [0.717, 1.165) is 52.3 Å². The monoisotopic (exact) mass is 528 g/mol. The van der Waals surface area contributed by atoms with Gasteiger partial charge in [0.05, 0.1) is 20.8 Å². The second-order valence-corrected chi connectivity index (χ2v) is 11.3. The third kappa shape index (κ3) is 6.30. The van der Waals surface area contributed by atoms with Crippen LogP contribution in [0, 0.1) is 0 Å². The van der Waals surface area contributed by atoms with E-state index >= 15 is 0 Å². The minimum atomic E-state index is -0.366. The summed E-state index contributed by atoms with van der Waals surface area (Å²) in [5.74, 6) is 1.97. The van der Waals surface area contributed by atoms with E-state index in [0.29, 0.717) is 13.2 Å². The maximum absolute atomic E-state index is 11.9. The van der Waals surface area contributed by atoms with Crippen molar-refractivity contribution in [3.05, 3.63) is 82.9 Å². The quantitative estimate of drug-likeness (QED) is 0.209. The molecule has 0 radical (unpaired) electrons. The lowest BCUT2D eigenvalue weighted by Crippen LogP contribution is -2.33. The van der Waals surface area contributed by atoms with Crippen molar-refractivity contribution in [2.75, 3.05) is 20.8 Å². The molecule has 0 spiro atoms. The van der Waals surface area contributed by atoms with Gasteiger partial charge in [-0.3, -0.25) is 0 Å². The first kappa shape index (κ1) is 28.3. The predicted molar refractivity (Wildman–Crippen MR) is 157 cm³/mol. The fourth-order valence-corrected chi connectivity index (χ4v) is 5.24. The van der Waals surface area contributed by atoms with Gasteiger partial charge >= 0.3 is 5.97 Å². The van der Waals surface area contributed by atoms with Crippen molar-refractivity contribution in [1.29, 1.82) is 0 Å². The third-order valence-electron chi connectivity index (χ3n) is 7.69. The molecule has 3 aromatic carbocycles. The number of esters is 1. The lowest BCUT2D eigenvalue weighted by molar-refractivity contribution is -0.137. The number of rotatable bonds is 9. The number of benzene rings is 3. The van der Waals surface area contributed by atoms with Gasteiger partial charge in [-0.15, -0.1) is 0 Å². The molecule has 0 aliphatic heterocycles. The van der Waals surface area contributed by atoms with Crippen LogP contribution in [0.4, 0.5) is 0 Å². The van der Waals surface area contributed by atoms with Crippen molar-refractivity contribution >= 4 is 12.0 Å². The maximum Gasteiger partial charge on any atom is 0.330 e. The van der Waals surface area contributed by atoms with E-state index in [-0.39, 0.29) is 16.8 Å². The Morgan fingerprint density at radius 3 is 2.21 bits per heavy atom. The molecule has 0 fully saturated rings. The minimum absolute atomic E-state index is 0.0274. The summed E-state index contributed by atoms with van der Waals surface area (Å²) in [6.07, 6.45) is 5.44. The Morgan fingerprint density at radius 2 is 1.54 bits per heavy atom. The Labute approximate surface area is 232 Å². The van der Waals surface area contributed by atoms with E-state index in [1.165, 1.54) is 17.2 Å². The second-order valence-electron chi connectivity index (χ2n) is 11.3. The summed E-state index contributed by atoms with van der Waals surface area (Å²) in [5, 5.41) is 0. The van der Waals surface area contributed by atoms with Gasteiger partial charge in [0, 0.05) is 17.2 Å². The molecule has 0 bridgehead atoms. The van der Waals surface area contributed by atoms with Crippen LogP contribution in [0.5, 0.6) is 17.2 Å². The Bertz CT molecular complexity index is 1370. The topological polar surface area (TPSA) is 54.0 Å². The van der Waals surface area contributed by atoms with Crippen molar-refractivity contribution < 1.29 is 23.7 Å². The van der Waals surface area contributed by atoms with E-state index in [1.54, 1.807) is 27.2 Å². The van der Waals surface area contributed by atoms with Crippen LogP contribution in [0.3, 0.4) is 0 Å². The molecule has 3 aromatic rings. The molecule has 5 heteroatoms. The first-order valence-electron chi connectivity index (χ1n) is 13.6. The smallest absolute Gasteiger partial charge is 0.330 e. The fourth-order valence-electron chi connectivity index (χ4n) is 5.24. The van der Waals surface area contributed by atoms with Gasteiger partial charge in [0.1, 0.15) is 23.9 Å². The molecule has 5 nitrogen and oxygen atoms in total. The van der Waals surface area contributed by atoms with Crippen LogP contribution in [-0.4, -0.2) is 26.8 Å². The third-order valence-corrected chi connectivity index (χ3v) is 7.69. The molecular formula is C34H40O5. The Hall–Kier alpha value is -3.73. The molecule has 0 amide bonds. The molecule has 4 rings (SSSR count). The van der Waals surface area contributed by atoms with Crippen LogP contribution in [0.15, 0.2) is 60.7 Å². The molecule has 39 heavy (non-hydrogen) atoms. The van der Waals surface area contributed by atoms with Gasteiger partial charge in [-0.05, 0) is 95.3 Å². The zero-order valence-corrected chi connectivity index (χ0v) is 24.2. The number of hydrogen-bond donors (Lipinski definition) is 0. The highest BCUT2D eigenvalue weighted by atomic mass is 16.5. The Balaban J connectivity index is 1.86. The molecule has 0 saturated carbocycles. The average molecular weight is 529 g/mol. The number of methoxy groups -OCH3 is 2. The van der Waals surface area contributed by atoms with E-state index in [9.17, 15) is 4.79 Å². The molecular weight excluding hydrogens is 488 g/mol. The second kappa shape index (κ2) is 11.6. The minimum Gasteiger partial charge on any atom is -0.497 e. The largest absolute Gasteiger partial charge is 0.497 e. The first-order valence-corrected chi connectivity index (χ1v) is 13.6. The van der Waals surface area contributed by atoms with Gasteiger partial charge < -0.3 is 18.9 Å². The summed E-state index contributed by atoms with van der Waals surface area (Å²) < 4.78 is 22.9. The standard InChI is InChI=1S/C34H40O5/c1-8-38-32(35)15-13-23-12-14-30(37-7)26(19-23)27-20-28-29(34(4,5)17-16-33(28,2)3)21-31(27)39-22-24-10-9-11-25(18-24)36-6/h9-15,18-21H,8,16-17,22H2,1-7H3. The van der Waals surface area contributed by atoms with Crippen molar-refractivity contribution in [3.63, 3.8) is 0 Å². The fraction of sp³-hybridized carbons (Fsp3) is 0.382. The van der Waals surface area contributed by atoms with Gasteiger partial charge in [-0.25, -0.2) is 4.79 Å². The SMILES string of the molecule is CCOC(=O)C=Cc1ccc(OC)c(-c2cc3c(cc2OCc2cccc(OC)c2)C(C)(C)CCC3(C)C)c1. The van der Waals surface area contributed by atoms with E-state index < -0.39 is 0 Å². The zero-order valence-electron chi connectivity index (χ0n) is 24.2. The Morgan fingerprint density at radius 1 is 0.846 bits per heavy atom. The van der Waals surface area contributed by atoms with Gasteiger partial charge in [-0.1, -0.05) is 45.9 Å². The van der Waals surface area contributed by atoms with Gasteiger partial charge in [0.15, 0.2) is 0 Å². The van der Waals surface area contributed by atoms with Crippen LogP contribution in [0.2, 0.25) is 0 Å².